The molecule has 15 heteroatoms. The van der Waals surface area contributed by atoms with Gasteiger partial charge in [-0.15, -0.1) is 5.11 Å². The van der Waals surface area contributed by atoms with Crippen molar-refractivity contribution >= 4 is 38.3 Å². The molecule has 2 aromatic rings. The Morgan fingerprint density at radius 2 is 1.71 bits per heavy atom. The number of amides is 2. The van der Waals surface area contributed by atoms with Crippen molar-refractivity contribution in [3.63, 3.8) is 0 Å². The van der Waals surface area contributed by atoms with Crippen LogP contribution in [-0.4, -0.2) is 50.4 Å². The number of alkyl halides is 3. The van der Waals surface area contributed by atoms with Crippen molar-refractivity contribution in [1.29, 1.82) is 0 Å². The maximum absolute atomic E-state index is 14.1. The molecule has 0 radical (unpaired) electrons. The van der Waals surface area contributed by atoms with Gasteiger partial charge in [-0.05, 0) is 6.07 Å². The number of rotatable bonds is 7. The summed E-state index contributed by atoms with van der Waals surface area (Å²) in [5.41, 5.74) is 0.156. The van der Waals surface area contributed by atoms with E-state index in [-0.39, 0.29) is 0 Å². The number of ether oxygens (including phenoxy) is 2. The normalized spacial score (nSPS) is 15.0. The summed E-state index contributed by atoms with van der Waals surface area (Å²) in [4.78, 5) is 22.7. The molecular weight excluding hydrogens is 503 g/mol. The van der Waals surface area contributed by atoms with Crippen molar-refractivity contribution in [3.05, 3.63) is 48.0 Å². The van der Waals surface area contributed by atoms with Crippen LogP contribution in [0.5, 0.6) is 5.75 Å². The molecule has 0 aliphatic heterocycles. The third-order valence-electron chi connectivity index (χ3n) is 4.35. The first-order chi connectivity index (χ1) is 15.6. The molecule has 0 aliphatic rings. The molecule has 2 aromatic carbocycles. The zero-order chi connectivity index (χ0) is 25.9. The Bertz CT molecular complexity index is 1270. The van der Waals surface area contributed by atoms with Gasteiger partial charge in [0, 0.05) is 31.3 Å². The average molecular weight is 521 g/mol. The third-order valence-corrected chi connectivity index (χ3v) is 6.40. The van der Waals surface area contributed by atoms with Crippen LogP contribution in [0.4, 0.5) is 23.7 Å². The largest absolute Gasteiger partial charge is 0.432 e. The van der Waals surface area contributed by atoms with Crippen molar-refractivity contribution in [2.75, 3.05) is 19.6 Å². The van der Waals surface area contributed by atoms with E-state index in [0.29, 0.717) is 19.4 Å². The van der Waals surface area contributed by atoms with Gasteiger partial charge in [0.15, 0.2) is 9.84 Å². The van der Waals surface area contributed by atoms with Crippen molar-refractivity contribution < 1.29 is 44.9 Å². The highest BCUT2D eigenvalue weighted by Gasteiger charge is 2.64. The lowest BCUT2D eigenvalue weighted by Crippen LogP contribution is -2.52. The number of nitrogens with zero attached hydrogens (tertiary/aromatic N) is 2. The molecule has 2 N–H and O–H groups in total. The fourth-order valence-corrected chi connectivity index (χ4v) is 4.48. The smallest absolute Gasteiger partial charge is 0.424 e. The van der Waals surface area contributed by atoms with Gasteiger partial charge >= 0.3 is 18.2 Å². The first-order valence-corrected chi connectivity index (χ1v) is 12.4. The van der Waals surface area contributed by atoms with E-state index in [9.17, 15) is 35.4 Å². The van der Waals surface area contributed by atoms with Gasteiger partial charge in [-0.3, -0.25) is 4.21 Å². The van der Waals surface area contributed by atoms with Crippen LogP contribution in [0, 0.1) is 0 Å². The minimum Gasteiger partial charge on any atom is -0.424 e. The zero-order valence-electron chi connectivity index (χ0n) is 17.8. The number of hydrogen-bond acceptors (Lipinski definition) is 8. The lowest BCUT2D eigenvalue weighted by Gasteiger charge is -2.32. The number of halogens is 3. The first kappa shape index (κ1) is 27.1. The highest BCUT2D eigenvalue weighted by Crippen LogP contribution is 2.44. The summed E-state index contributed by atoms with van der Waals surface area (Å²) < 4.78 is 88.6. The summed E-state index contributed by atoms with van der Waals surface area (Å²) in [6.45, 7) is 0. The van der Waals surface area contributed by atoms with E-state index in [1.54, 1.807) is 0 Å². The van der Waals surface area contributed by atoms with Gasteiger partial charge in [0.1, 0.15) is 11.4 Å². The summed E-state index contributed by atoms with van der Waals surface area (Å²) >= 11 is 0. The van der Waals surface area contributed by atoms with Gasteiger partial charge in [0.05, 0.1) is 20.6 Å². The Balaban J connectivity index is 2.74. The van der Waals surface area contributed by atoms with Crippen molar-refractivity contribution in [3.8, 4) is 5.75 Å². The maximum Gasteiger partial charge on any atom is 0.432 e. The van der Waals surface area contributed by atoms with Gasteiger partial charge in [-0.25, -0.2) is 18.0 Å². The average Bonchev–Trinajstić information content (AvgIpc) is 2.72. The van der Waals surface area contributed by atoms with E-state index in [1.807, 2.05) is 0 Å². The second kappa shape index (κ2) is 9.99. The molecular formula is C19H18F3N3O7S2. The maximum atomic E-state index is 14.1. The number of benzene rings is 2. The molecule has 0 heterocycles. The monoisotopic (exact) mass is 521 g/mol. The fourth-order valence-electron chi connectivity index (χ4n) is 2.88. The summed E-state index contributed by atoms with van der Waals surface area (Å²) in [6.07, 6.45) is -3.49. The number of sulfone groups is 1. The molecule has 184 valence electrons. The number of carbonyl (C=O) groups is 2. The number of nitrogens with two attached hydrogens (primary N) is 1. The Labute approximate surface area is 194 Å². The SMILES string of the molecule is CO[C@](C(=O)Oc1cc([S@](C)=O)c(N=NC(N)=O)c(S(C)(=O)=O)c1)(c1ccccc1)C(F)(F)F. The summed E-state index contributed by atoms with van der Waals surface area (Å²) in [6, 6.07) is 6.15. The molecule has 0 aliphatic carbocycles. The number of methoxy groups -OCH3 is 1. The lowest BCUT2D eigenvalue weighted by atomic mass is 9.92. The lowest BCUT2D eigenvalue weighted by molar-refractivity contribution is -0.272. The topological polar surface area (TPSA) is 155 Å². The van der Waals surface area contributed by atoms with Crippen LogP contribution >= 0.6 is 0 Å². The summed E-state index contributed by atoms with van der Waals surface area (Å²) in [7, 11) is -5.56. The third kappa shape index (κ3) is 5.48. The fraction of sp³-hybridized carbons (Fsp3) is 0.263. The van der Waals surface area contributed by atoms with Crippen molar-refractivity contribution in [2.45, 2.75) is 21.6 Å². The highest BCUT2D eigenvalue weighted by molar-refractivity contribution is 7.91. The highest BCUT2D eigenvalue weighted by atomic mass is 32.2. The predicted octanol–water partition coefficient (Wildman–Crippen LogP) is 3.00. The Hall–Kier alpha value is -3.17. The minimum absolute atomic E-state index is 0.398. The Morgan fingerprint density at radius 3 is 2.15 bits per heavy atom. The van der Waals surface area contributed by atoms with Crippen LogP contribution in [0.15, 0.2) is 62.5 Å². The molecule has 0 saturated carbocycles. The molecule has 2 rings (SSSR count). The molecule has 0 fully saturated rings. The predicted molar refractivity (Wildman–Crippen MR) is 113 cm³/mol. The van der Waals surface area contributed by atoms with Crippen LogP contribution in [0.1, 0.15) is 5.56 Å². The summed E-state index contributed by atoms with van der Waals surface area (Å²) in [5.74, 6) is -2.64. The number of hydrogen-bond donors (Lipinski definition) is 1. The molecule has 2 atom stereocenters. The van der Waals surface area contributed by atoms with E-state index in [0.717, 1.165) is 24.5 Å². The second-order valence-corrected chi connectivity index (χ2v) is 10.0. The van der Waals surface area contributed by atoms with E-state index in [1.165, 1.54) is 18.2 Å². The molecule has 0 bridgehead atoms. The van der Waals surface area contributed by atoms with E-state index in [2.05, 4.69) is 15.0 Å². The van der Waals surface area contributed by atoms with Gasteiger partial charge in [-0.1, -0.05) is 35.4 Å². The van der Waals surface area contributed by atoms with Crippen molar-refractivity contribution in [1.82, 2.24) is 0 Å². The Kier molecular flexibility index (Phi) is 7.95. The van der Waals surface area contributed by atoms with Crippen LogP contribution in [0.3, 0.4) is 0 Å². The van der Waals surface area contributed by atoms with E-state index in [4.69, 9.17) is 10.5 Å². The first-order valence-electron chi connectivity index (χ1n) is 8.97. The second-order valence-electron chi connectivity index (χ2n) is 6.67. The number of esters is 1. The molecule has 10 nitrogen and oxygen atoms in total. The van der Waals surface area contributed by atoms with Gasteiger partial charge in [-0.2, -0.15) is 13.2 Å². The molecule has 0 saturated heterocycles. The van der Waals surface area contributed by atoms with Crippen molar-refractivity contribution in [2.24, 2.45) is 16.0 Å². The zero-order valence-corrected chi connectivity index (χ0v) is 19.5. The van der Waals surface area contributed by atoms with Crippen LogP contribution in [0.25, 0.3) is 0 Å². The molecule has 34 heavy (non-hydrogen) atoms. The summed E-state index contributed by atoms with van der Waals surface area (Å²) in [5, 5.41) is 6.41. The van der Waals surface area contributed by atoms with Gasteiger partial charge in [0.25, 0.3) is 5.60 Å². The molecule has 2 amide bonds. The van der Waals surface area contributed by atoms with Crippen LogP contribution in [-0.2, 0) is 35.8 Å². The van der Waals surface area contributed by atoms with Gasteiger partial charge < -0.3 is 15.2 Å². The van der Waals surface area contributed by atoms with E-state index < -0.39 is 71.2 Å². The number of carbonyl (C=O) groups excluding carboxylic acids is 2. The Morgan fingerprint density at radius 1 is 1.12 bits per heavy atom. The van der Waals surface area contributed by atoms with Crippen LogP contribution in [0.2, 0.25) is 0 Å². The quantitative estimate of drug-likeness (QED) is 0.334. The molecule has 0 aromatic heterocycles. The van der Waals surface area contributed by atoms with Gasteiger partial charge in [0.2, 0.25) is 0 Å². The number of urea groups is 1. The van der Waals surface area contributed by atoms with Crippen LogP contribution < -0.4 is 10.5 Å². The van der Waals surface area contributed by atoms with E-state index >= 15 is 0 Å². The number of azo groups is 1. The minimum atomic E-state index is -5.29. The number of primary amides is 1. The molecule has 0 unspecified atom stereocenters. The molecule has 0 spiro atoms. The standard InChI is InChI=1S/C19H18F3N3O7S2/c1-31-18(19(20,21)22,11-7-5-4-6-8-11)16(26)32-12-9-13(33(2)28)15(24-25-17(23)27)14(10-12)34(3,29)30/h4-10H,1-3H3,(H2,23,27)/t18-,33-/m0/s1.